The molecule has 0 saturated heterocycles. The van der Waals surface area contributed by atoms with E-state index in [9.17, 15) is 9.59 Å². The number of carbonyl (C=O) groups excluding carboxylic acids is 2. The van der Waals surface area contributed by atoms with Gasteiger partial charge in [0.15, 0.2) is 5.60 Å². The van der Waals surface area contributed by atoms with E-state index in [1.165, 1.54) is 11.3 Å². The lowest BCUT2D eigenvalue weighted by Crippen LogP contribution is -2.42. The van der Waals surface area contributed by atoms with Gasteiger partial charge in [-0.25, -0.2) is 0 Å². The molecule has 27 heavy (non-hydrogen) atoms. The van der Waals surface area contributed by atoms with Gasteiger partial charge >= 0.3 is 0 Å². The Hall–Kier alpha value is -1.86. The number of benzene rings is 1. The Morgan fingerprint density at radius 3 is 2.48 bits per heavy atom. The lowest BCUT2D eigenvalue weighted by molar-refractivity contribution is -0.128. The number of amides is 2. The molecule has 1 heterocycles. The highest BCUT2D eigenvalue weighted by molar-refractivity contribution is 9.10. The smallest absolute Gasteiger partial charge is 0.268 e. The van der Waals surface area contributed by atoms with Crippen molar-refractivity contribution in [3.05, 3.63) is 44.7 Å². The first-order chi connectivity index (χ1) is 12.8. The first-order valence-corrected chi connectivity index (χ1v) is 10.6. The number of fused-ring (bicyclic) bond motifs is 1. The van der Waals surface area contributed by atoms with Crippen molar-refractivity contribution < 1.29 is 14.3 Å². The molecule has 5 nitrogen and oxygen atoms in total. The molecule has 7 heteroatoms. The molecule has 1 aromatic carbocycles. The van der Waals surface area contributed by atoms with Gasteiger partial charge in [0.25, 0.3) is 11.8 Å². The highest BCUT2D eigenvalue weighted by atomic mass is 79.9. The number of halogens is 1. The van der Waals surface area contributed by atoms with Crippen molar-refractivity contribution >= 4 is 44.1 Å². The van der Waals surface area contributed by atoms with Gasteiger partial charge in [-0.1, -0.05) is 22.4 Å². The van der Waals surface area contributed by atoms with Crippen LogP contribution in [0.5, 0.6) is 5.75 Å². The fourth-order valence-electron chi connectivity index (χ4n) is 3.19. The lowest BCUT2D eigenvalue weighted by atomic mass is 10.0. The fourth-order valence-corrected chi connectivity index (χ4v) is 4.74. The molecule has 0 unspecified atom stereocenters. The third-order valence-electron chi connectivity index (χ3n) is 4.63. The van der Waals surface area contributed by atoms with Gasteiger partial charge in [0.1, 0.15) is 10.8 Å². The first kappa shape index (κ1) is 19.9. The summed E-state index contributed by atoms with van der Waals surface area (Å²) in [7, 11) is 0. The van der Waals surface area contributed by atoms with Crippen molar-refractivity contribution in [2.24, 2.45) is 5.73 Å². The number of rotatable bonds is 5. The van der Waals surface area contributed by atoms with Gasteiger partial charge in [0.2, 0.25) is 0 Å². The van der Waals surface area contributed by atoms with Crippen LogP contribution >= 0.6 is 27.3 Å². The molecule has 0 spiro atoms. The summed E-state index contributed by atoms with van der Waals surface area (Å²) in [6.45, 7) is 3.40. The van der Waals surface area contributed by atoms with Crippen LogP contribution in [0.25, 0.3) is 0 Å². The van der Waals surface area contributed by atoms with Gasteiger partial charge in [-0.2, -0.15) is 0 Å². The number of anilines is 1. The summed E-state index contributed by atoms with van der Waals surface area (Å²) < 4.78 is 6.80. The molecule has 2 amide bonds. The number of ether oxygens (including phenoxy) is 1. The molecule has 1 aromatic heterocycles. The highest BCUT2D eigenvalue weighted by Gasteiger charge is 2.32. The van der Waals surface area contributed by atoms with E-state index in [0.29, 0.717) is 16.3 Å². The molecule has 0 radical (unpaired) electrons. The van der Waals surface area contributed by atoms with Crippen LogP contribution in [-0.4, -0.2) is 17.4 Å². The zero-order valence-corrected chi connectivity index (χ0v) is 17.8. The Morgan fingerprint density at radius 2 is 1.81 bits per heavy atom. The van der Waals surface area contributed by atoms with Gasteiger partial charge < -0.3 is 15.8 Å². The zero-order chi connectivity index (χ0) is 19.6. The quantitative estimate of drug-likeness (QED) is 0.648. The molecule has 0 bridgehead atoms. The minimum absolute atomic E-state index is 0.315. The van der Waals surface area contributed by atoms with E-state index < -0.39 is 11.5 Å². The average molecular weight is 451 g/mol. The van der Waals surface area contributed by atoms with Crippen LogP contribution in [0.2, 0.25) is 0 Å². The Labute approximate surface area is 171 Å². The third-order valence-corrected chi connectivity index (χ3v) is 6.36. The normalized spacial score (nSPS) is 14.2. The second kappa shape index (κ2) is 8.02. The van der Waals surface area contributed by atoms with Crippen LogP contribution in [0.15, 0.2) is 28.7 Å². The maximum Gasteiger partial charge on any atom is 0.268 e. The predicted molar refractivity (Wildman–Crippen MR) is 112 cm³/mol. The highest BCUT2D eigenvalue weighted by Crippen LogP contribution is 2.37. The molecule has 0 aliphatic heterocycles. The van der Waals surface area contributed by atoms with Gasteiger partial charge in [-0.05, 0) is 69.4 Å². The maximum atomic E-state index is 12.9. The lowest BCUT2D eigenvalue weighted by Gasteiger charge is -2.25. The van der Waals surface area contributed by atoms with Crippen molar-refractivity contribution in [2.75, 3.05) is 5.32 Å². The Balaban J connectivity index is 1.82. The number of nitrogens with two attached hydrogens (primary N) is 1. The molecule has 1 aliphatic carbocycles. The van der Waals surface area contributed by atoms with Crippen LogP contribution < -0.4 is 15.8 Å². The van der Waals surface area contributed by atoms with Crippen molar-refractivity contribution in [2.45, 2.75) is 51.6 Å². The van der Waals surface area contributed by atoms with Crippen LogP contribution in [0.3, 0.4) is 0 Å². The minimum atomic E-state index is -1.11. The van der Waals surface area contributed by atoms with E-state index in [-0.39, 0.29) is 5.91 Å². The summed E-state index contributed by atoms with van der Waals surface area (Å²) in [6, 6.07) is 7.29. The zero-order valence-electron chi connectivity index (χ0n) is 15.4. The molecule has 0 fully saturated rings. The summed E-state index contributed by atoms with van der Waals surface area (Å²) >= 11 is 4.84. The largest absolute Gasteiger partial charge is 0.478 e. The SMILES string of the molecule is CC(C)(Oc1ccc(Br)cc1)C(=O)Nc1sc2c(c1C(N)=O)CCCCC2. The molecule has 2 aromatic rings. The Morgan fingerprint density at radius 1 is 1.15 bits per heavy atom. The minimum Gasteiger partial charge on any atom is -0.478 e. The number of nitrogens with one attached hydrogen (secondary N) is 1. The summed E-state index contributed by atoms with van der Waals surface area (Å²) in [5.74, 6) is -0.212. The van der Waals surface area contributed by atoms with E-state index in [1.807, 2.05) is 12.1 Å². The van der Waals surface area contributed by atoms with Crippen molar-refractivity contribution in [1.82, 2.24) is 0 Å². The second-order valence-corrected chi connectivity index (χ2v) is 9.17. The molecular weight excluding hydrogens is 428 g/mol. The summed E-state index contributed by atoms with van der Waals surface area (Å²) in [5.41, 5.74) is 6.00. The monoisotopic (exact) mass is 450 g/mol. The van der Waals surface area contributed by atoms with Gasteiger partial charge in [-0.3, -0.25) is 9.59 Å². The predicted octanol–water partition coefficient (Wildman–Crippen LogP) is 4.67. The summed E-state index contributed by atoms with van der Waals surface area (Å²) in [6.07, 6.45) is 5.04. The van der Waals surface area contributed by atoms with Gasteiger partial charge in [0, 0.05) is 9.35 Å². The maximum absolute atomic E-state index is 12.9. The number of aryl methyl sites for hydroxylation is 1. The number of primary amides is 1. The van der Waals surface area contributed by atoms with Crippen molar-refractivity contribution in [1.29, 1.82) is 0 Å². The summed E-state index contributed by atoms with van der Waals surface area (Å²) in [4.78, 5) is 26.1. The average Bonchev–Trinajstić information content (AvgIpc) is 2.78. The van der Waals surface area contributed by atoms with Crippen molar-refractivity contribution in [3.63, 3.8) is 0 Å². The van der Waals surface area contributed by atoms with Crippen LogP contribution in [0.1, 0.15) is 53.9 Å². The van der Waals surface area contributed by atoms with E-state index in [2.05, 4.69) is 21.2 Å². The van der Waals surface area contributed by atoms with E-state index in [0.717, 1.165) is 47.0 Å². The standard InChI is InChI=1S/C20H23BrN2O3S/c1-20(2,26-13-10-8-12(21)9-11-13)19(25)23-18-16(17(22)24)14-6-4-3-5-7-15(14)27-18/h8-11H,3-7H2,1-2H3,(H2,22,24)(H,23,25). The molecule has 0 saturated carbocycles. The van der Waals surface area contributed by atoms with Crippen molar-refractivity contribution in [3.8, 4) is 5.75 Å². The molecule has 144 valence electrons. The van der Waals surface area contributed by atoms with Gasteiger partial charge in [0.05, 0.1) is 5.56 Å². The van der Waals surface area contributed by atoms with Crippen LogP contribution in [-0.2, 0) is 17.6 Å². The topological polar surface area (TPSA) is 81.4 Å². The molecular formula is C20H23BrN2O3S. The molecule has 3 rings (SSSR count). The van der Waals surface area contributed by atoms with E-state index in [4.69, 9.17) is 10.5 Å². The second-order valence-electron chi connectivity index (χ2n) is 7.15. The number of hydrogen-bond acceptors (Lipinski definition) is 4. The third kappa shape index (κ3) is 4.52. The molecule has 1 aliphatic rings. The van der Waals surface area contributed by atoms with E-state index in [1.54, 1.807) is 26.0 Å². The van der Waals surface area contributed by atoms with Crippen LogP contribution in [0, 0.1) is 0 Å². The number of hydrogen-bond donors (Lipinski definition) is 2. The molecule has 3 N–H and O–H groups in total. The number of thiophene rings is 1. The van der Waals surface area contributed by atoms with E-state index >= 15 is 0 Å². The Kier molecular flexibility index (Phi) is 5.91. The fraction of sp³-hybridized carbons (Fsp3) is 0.400. The van der Waals surface area contributed by atoms with Gasteiger partial charge in [-0.15, -0.1) is 11.3 Å². The first-order valence-electron chi connectivity index (χ1n) is 8.98. The van der Waals surface area contributed by atoms with Crippen LogP contribution in [0.4, 0.5) is 5.00 Å². The summed E-state index contributed by atoms with van der Waals surface area (Å²) in [5, 5.41) is 3.42. The molecule has 0 atom stereocenters. The number of carbonyl (C=O) groups is 2. The Bertz CT molecular complexity index is 859.